The molecule has 0 saturated heterocycles. The van der Waals surface area contributed by atoms with Crippen LogP contribution in [0.1, 0.15) is 29.1 Å². The van der Waals surface area contributed by atoms with E-state index in [1.165, 1.54) is 15.8 Å². The number of halogens is 1. The first-order chi connectivity index (χ1) is 10.2. The zero-order valence-electron chi connectivity index (χ0n) is 12.1. The van der Waals surface area contributed by atoms with E-state index < -0.39 is 0 Å². The molecule has 2 aromatic heterocycles. The van der Waals surface area contributed by atoms with E-state index in [9.17, 15) is 0 Å². The van der Waals surface area contributed by atoms with Crippen molar-refractivity contribution >= 4 is 33.8 Å². The van der Waals surface area contributed by atoms with Gasteiger partial charge >= 0.3 is 0 Å². The van der Waals surface area contributed by atoms with Crippen molar-refractivity contribution in [1.29, 1.82) is 0 Å². The Bertz CT molecular complexity index is 766. The van der Waals surface area contributed by atoms with E-state index in [-0.39, 0.29) is 6.04 Å². The maximum Gasteiger partial charge on any atom is 0.0931 e. The molecule has 3 aromatic rings. The molecule has 0 fully saturated rings. The first-order valence-electron chi connectivity index (χ1n) is 7.04. The molecule has 2 nitrogen and oxygen atoms in total. The van der Waals surface area contributed by atoms with Crippen LogP contribution < -0.4 is 5.32 Å². The molecule has 0 bridgehead atoms. The van der Waals surface area contributed by atoms with Gasteiger partial charge in [0.25, 0.3) is 0 Å². The van der Waals surface area contributed by atoms with Gasteiger partial charge in [-0.2, -0.15) is 0 Å². The molecule has 0 radical (unpaired) electrons. The number of hydrogen-bond acceptors (Lipinski definition) is 3. The SMILES string of the molecule is CCNC(c1cc(C)c2ccccc2n1)c1ccc(Cl)s1. The van der Waals surface area contributed by atoms with Gasteiger partial charge in [-0.3, -0.25) is 4.98 Å². The van der Waals surface area contributed by atoms with Crippen LogP contribution in [0.15, 0.2) is 42.5 Å². The predicted octanol–water partition coefficient (Wildman–Crippen LogP) is 4.96. The lowest BCUT2D eigenvalue weighted by Crippen LogP contribution is -2.22. The minimum absolute atomic E-state index is 0.0933. The van der Waals surface area contributed by atoms with Gasteiger partial charge in [-0.25, -0.2) is 0 Å². The minimum atomic E-state index is 0.0933. The average molecular weight is 317 g/mol. The molecule has 1 N–H and O–H groups in total. The van der Waals surface area contributed by atoms with Crippen LogP contribution in [0.3, 0.4) is 0 Å². The highest BCUT2D eigenvalue weighted by atomic mass is 35.5. The van der Waals surface area contributed by atoms with Crippen LogP contribution in [0.5, 0.6) is 0 Å². The average Bonchev–Trinajstić information content (AvgIpc) is 2.91. The number of pyridine rings is 1. The molecular formula is C17H17ClN2S. The normalized spacial score (nSPS) is 12.7. The van der Waals surface area contributed by atoms with Gasteiger partial charge in [-0.05, 0) is 43.3 Å². The van der Waals surface area contributed by atoms with Crippen molar-refractivity contribution in [2.24, 2.45) is 0 Å². The largest absolute Gasteiger partial charge is 0.305 e. The predicted molar refractivity (Wildman–Crippen MR) is 91.3 cm³/mol. The summed E-state index contributed by atoms with van der Waals surface area (Å²) in [7, 11) is 0. The van der Waals surface area contributed by atoms with E-state index in [1.807, 2.05) is 12.1 Å². The van der Waals surface area contributed by atoms with Gasteiger partial charge in [0.2, 0.25) is 0 Å². The van der Waals surface area contributed by atoms with E-state index in [0.29, 0.717) is 0 Å². The van der Waals surface area contributed by atoms with Crippen molar-refractivity contribution < 1.29 is 0 Å². The summed E-state index contributed by atoms with van der Waals surface area (Å²) >= 11 is 7.69. The van der Waals surface area contributed by atoms with Crippen LogP contribution in [-0.2, 0) is 0 Å². The fourth-order valence-corrected chi connectivity index (χ4v) is 3.71. The zero-order chi connectivity index (χ0) is 14.8. The standard InChI is InChI=1S/C17H17ClN2S/c1-3-19-17(15-8-9-16(18)21-15)14-10-11(2)12-6-4-5-7-13(12)20-14/h4-10,17,19H,3H2,1-2H3. The summed E-state index contributed by atoms with van der Waals surface area (Å²) in [5.41, 5.74) is 3.34. The first kappa shape index (κ1) is 14.5. The molecular weight excluding hydrogens is 300 g/mol. The highest BCUT2D eigenvalue weighted by Crippen LogP contribution is 2.31. The lowest BCUT2D eigenvalue weighted by atomic mass is 10.0. The number of nitrogens with zero attached hydrogens (tertiary/aromatic N) is 1. The second-order valence-corrected chi connectivity index (χ2v) is 6.76. The van der Waals surface area contributed by atoms with Crippen molar-refractivity contribution in [3.05, 3.63) is 62.9 Å². The highest BCUT2D eigenvalue weighted by Gasteiger charge is 2.17. The molecule has 21 heavy (non-hydrogen) atoms. The molecule has 1 atom stereocenters. The summed E-state index contributed by atoms with van der Waals surface area (Å²) in [4.78, 5) is 6.04. The number of rotatable bonds is 4. The topological polar surface area (TPSA) is 24.9 Å². The Balaban J connectivity index is 2.11. The molecule has 1 unspecified atom stereocenters. The van der Waals surface area contributed by atoms with Crippen LogP contribution in [0.2, 0.25) is 4.34 Å². The van der Waals surface area contributed by atoms with Gasteiger partial charge in [0.05, 0.1) is 21.6 Å². The Labute approximate surface area is 133 Å². The Morgan fingerprint density at radius 3 is 2.76 bits per heavy atom. The zero-order valence-corrected chi connectivity index (χ0v) is 13.6. The van der Waals surface area contributed by atoms with Crippen molar-refractivity contribution in [1.82, 2.24) is 10.3 Å². The summed E-state index contributed by atoms with van der Waals surface area (Å²) in [5.74, 6) is 0. The molecule has 0 aliphatic rings. The van der Waals surface area contributed by atoms with Crippen LogP contribution >= 0.6 is 22.9 Å². The molecule has 0 aliphatic carbocycles. The Morgan fingerprint density at radius 2 is 2.05 bits per heavy atom. The third-order valence-electron chi connectivity index (χ3n) is 3.53. The second kappa shape index (κ2) is 6.14. The number of aromatic nitrogens is 1. The fourth-order valence-electron chi connectivity index (χ4n) is 2.56. The van der Waals surface area contributed by atoms with Gasteiger partial charge in [0.1, 0.15) is 0 Å². The smallest absolute Gasteiger partial charge is 0.0931 e. The first-order valence-corrected chi connectivity index (χ1v) is 8.23. The van der Waals surface area contributed by atoms with Gasteiger partial charge in [-0.15, -0.1) is 11.3 Å². The number of aryl methyl sites for hydroxylation is 1. The van der Waals surface area contributed by atoms with Crippen LogP contribution in [-0.4, -0.2) is 11.5 Å². The Morgan fingerprint density at radius 1 is 1.24 bits per heavy atom. The molecule has 1 aromatic carbocycles. The summed E-state index contributed by atoms with van der Waals surface area (Å²) in [5, 5.41) is 4.72. The molecule has 0 aliphatic heterocycles. The number of benzene rings is 1. The van der Waals surface area contributed by atoms with E-state index in [1.54, 1.807) is 11.3 Å². The maximum absolute atomic E-state index is 6.09. The second-order valence-electron chi connectivity index (χ2n) is 5.01. The maximum atomic E-state index is 6.09. The molecule has 108 valence electrons. The van der Waals surface area contributed by atoms with Crippen LogP contribution in [0.4, 0.5) is 0 Å². The minimum Gasteiger partial charge on any atom is -0.305 e. The third-order valence-corrected chi connectivity index (χ3v) is 4.82. The van der Waals surface area contributed by atoms with Crippen molar-refractivity contribution in [2.45, 2.75) is 19.9 Å². The lowest BCUT2D eigenvalue weighted by Gasteiger charge is -2.17. The summed E-state index contributed by atoms with van der Waals surface area (Å²) in [6, 6.07) is 14.5. The molecule has 2 heterocycles. The van der Waals surface area contributed by atoms with Crippen molar-refractivity contribution in [3.63, 3.8) is 0 Å². The molecule has 0 spiro atoms. The van der Waals surface area contributed by atoms with E-state index in [0.717, 1.165) is 22.1 Å². The summed E-state index contributed by atoms with van der Waals surface area (Å²) in [6.07, 6.45) is 0. The quantitative estimate of drug-likeness (QED) is 0.736. The van der Waals surface area contributed by atoms with E-state index in [2.05, 4.69) is 49.5 Å². The van der Waals surface area contributed by atoms with Crippen LogP contribution in [0, 0.1) is 6.92 Å². The van der Waals surface area contributed by atoms with Gasteiger partial charge in [-0.1, -0.05) is 36.7 Å². The number of fused-ring (bicyclic) bond motifs is 1. The fraction of sp³-hybridized carbons (Fsp3) is 0.235. The van der Waals surface area contributed by atoms with Crippen LogP contribution in [0.25, 0.3) is 10.9 Å². The monoisotopic (exact) mass is 316 g/mol. The summed E-state index contributed by atoms with van der Waals surface area (Å²) in [6.45, 7) is 5.13. The third kappa shape index (κ3) is 2.95. The number of hydrogen-bond donors (Lipinski definition) is 1. The van der Waals surface area contributed by atoms with E-state index >= 15 is 0 Å². The number of para-hydroxylation sites is 1. The number of nitrogens with one attached hydrogen (secondary N) is 1. The Kier molecular flexibility index (Phi) is 4.24. The highest BCUT2D eigenvalue weighted by molar-refractivity contribution is 7.16. The lowest BCUT2D eigenvalue weighted by molar-refractivity contribution is 0.626. The summed E-state index contributed by atoms with van der Waals surface area (Å²) < 4.78 is 0.811. The van der Waals surface area contributed by atoms with Gasteiger partial charge < -0.3 is 5.32 Å². The van der Waals surface area contributed by atoms with Gasteiger partial charge in [0.15, 0.2) is 0 Å². The van der Waals surface area contributed by atoms with Gasteiger partial charge in [0, 0.05) is 10.3 Å². The Hall–Kier alpha value is -1.42. The molecule has 0 amide bonds. The van der Waals surface area contributed by atoms with Crippen molar-refractivity contribution in [2.75, 3.05) is 6.54 Å². The van der Waals surface area contributed by atoms with Crippen molar-refractivity contribution in [3.8, 4) is 0 Å². The molecule has 3 rings (SSSR count). The molecule has 0 saturated carbocycles. The van der Waals surface area contributed by atoms with E-state index in [4.69, 9.17) is 16.6 Å². The molecule has 4 heteroatoms. The number of thiophene rings is 1.